The summed E-state index contributed by atoms with van der Waals surface area (Å²) in [5.41, 5.74) is 3.07. The molecule has 0 heterocycles. The predicted molar refractivity (Wildman–Crippen MR) is 76.1 cm³/mol. The van der Waals surface area contributed by atoms with E-state index in [1.54, 1.807) is 11.8 Å². The van der Waals surface area contributed by atoms with Crippen molar-refractivity contribution in [3.63, 3.8) is 0 Å². The number of ketones is 1. The van der Waals surface area contributed by atoms with E-state index in [2.05, 4.69) is 11.2 Å². The van der Waals surface area contributed by atoms with Gasteiger partial charge in [-0.05, 0) is 38.8 Å². The summed E-state index contributed by atoms with van der Waals surface area (Å²) in [4.78, 5) is 14.2. The highest BCUT2D eigenvalue weighted by molar-refractivity contribution is 7.98. The third-order valence-corrected chi connectivity index (χ3v) is 3.37. The number of hydrogen-bond donors (Lipinski definition) is 0. The molecule has 0 unspecified atom stereocenters. The van der Waals surface area contributed by atoms with Crippen LogP contribution in [-0.2, 0) is 0 Å². The third-order valence-electron chi connectivity index (χ3n) is 2.78. The highest BCUT2D eigenvalue weighted by atomic mass is 32.2. The molecule has 0 saturated carbocycles. The molecule has 2 nitrogen and oxygen atoms in total. The fraction of sp³-hybridized carbons (Fsp3) is 0.500. The lowest BCUT2D eigenvalue weighted by atomic mass is 10.0. The van der Waals surface area contributed by atoms with Crippen LogP contribution in [-0.4, -0.2) is 42.8 Å². The van der Waals surface area contributed by atoms with Gasteiger partial charge in [-0.15, -0.1) is 0 Å². The van der Waals surface area contributed by atoms with Gasteiger partial charge in [-0.25, -0.2) is 0 Å². The van der Waals surface area contributed by atoms with Crippen LogP contribution in [0, 0.1) is 13.8 Å². The molecule has 0 amide bonds. The normalized spacial score (nSPS) is 10.9. The van der Waals surface area contributed by atoms with Gasteiger partial charge in [-0.1, -0.05) is 17.7 Å². The fourth-order valence-corrected chi connectivity index (χ4v) is 2.19. The molecule has 0 aliphatic heterocycles. The minimum atomic E-state index is 0.217. The summed E-state index contributed by atoms with van der Waals surface area (Å²) in [5.74, 6) is 1.28. The van der Waals surface area contributed by atoms with Crippen molar-refractivity contribution in [1.82, 2.24) is 4.90 Å². The topological polar surface area (TPSA) is 20.3 Å². The summed E-state index contributed by atoms with van der Waals surface area (Å²) in [6.45, 7) is 5.48. The molecule has 0 bridgehead atoms. The molecule has 1 aromatic rings. The van der Waals surface area contributed by atoms with Gasteiger partial charge in [-0.2, -0.15) is 11.8 Å². The molecule has 0 aliphatic rings. The number of benzene rings is 1. The zero-order chi connectivity index (χ0) is 12.8. The van der Waals surface area contributed by atoms with Gasteiger partial charge < -0.3 is 0 Å². The Morgan fingerprint density at radius 2 is 2.06 bits per heavy atom. The lowest BCUT2D eigenvalue weighted by Crippen LogP contribution is -2.28. The molecule has 1 aromatic carbocycles. The minimum Gasteiger partial charge on any atom is -0.298 e. The smallest absolute Gasteiger partial charge is 0.177 e. The zero-order valence-corrected chi connectivity index (χ0v) is 11.9. The van der Waals surface area contributed by atoms with E-state index in [4.69, 9.17) is 0 Å². The lowest BCUT2D eigenvalue weighted by Gasteiger charge is -2.15. The maximum atomic E-state index is 12.1. The Bertz CT molecular complexity index is 390. The summed E-state index contributed by atoms with van der Waals surface area (Å²) in [6, 6.07) is 6.05. The Hall–Kier alpha value is -0.800. The number of rotatable bonds is 6. The van der Waals surface area contributed by atoms with E-state index in [0.29, 0.717) is 6.54 Å². The van der Waals surface area contributed by atoms with E-state index in [9.17, 15) is 4.79 Å². The second kappa shape index (κ2) is 6.82. The fourth-order valence-electron chi connectivity index (χ4n) is 1.69. The molecule has 1 rings (SSSR count). The minimum absolute atomic E-state index is 0.217. The van der Waals surface area contributed by atoms with E-state index in [-0.39, 0.29) is 5.78 Å². The van der Waals surface area contributed by atoms with Crippen molar-refractivity contribution in [3.8, 4) is 0 Å². The number of hydrogen-bond acceptors (Lipinski definition) is 3. The quantitative estimate of drug-likeness (QED) is 0.725. The highest BCUT2D eigenvalue weighted by Crippen LogP contribution is 2.11. The Balaban J connectivity index is 2.66. The van der Waals surface area contributed by atoms with Crippen LogP contribution >= 0.6 is 11.8 Å². The number of Topliss-reactive ketones (excluding diaryl/α,β-unsaturated/α-hetero) is 1. The summed E-state index contributed by atoms with van der Waals surface area (Å²) in [6.07, 6.45) is 2.08. The first kappa shape index (κ1) is 14.3. The van der Waals surface area contributed by atoms with Crippen LogP contribution in [0.1, 0.15) is 21.5 Å². The Kier molecular flexibility index (Phi) is 5.72. The molecule has 17 heavy (non-hydrogen) atoms. The van der Waals surface area contributed by atoms with Crippen LogP contribution in [0.2, 0.25) is 0 Å². The monoisotopic (exact) mass is 251 g/mol. The van der Waals surface area contributed by atoms with Crippen LogP contribution in [0.5, 0.6) is 0 Å². The van der Waals surface area contributed by atoms with E-state index >= 15 is 0 Å². The van der Waals surface area contributed by atoms with Gasteiger partial charge in [0.25, 0.3) is 0 Å². The molecule has 0 radical (unpaired) electrons. The van der Waals surface area contributed by atoms with E-state index < -0.39 is 0 Å². The van der Waals surface area contributed by atoms with E-state index in [1.807, 2.05) is 39.1 Å². The highest BCUT2D eigenvalue weighted by Gasteiger charge is 2.11. The van der Waals surface area contributed by atoms with Gasteiger partial charge in [0.2, 0.25) is 0 Å². The number of aryl methyl sites for hydroxylation is 2. The van der Waals surface area contributed by atoms with Crippen LogP contribution in [0.3, 0.4) is 0 Å². The molecule has 0 N–H and O–H groups in total. The van der Waals surface area contributed by atoms with Crippen molar-refractivity contribution in [2.75, 3.05) is 32.1 Å². The van der Waals surface area contributed by atoms with E-state index in [0.717, 1.165) is 29.0 Å². The van der Waals surface area contributed by atoms with Gasteiger partial charge in [0.05, 0.1) is 6.54 Å². The number of likely N-dealkylation sites (N-methyl/N-ethyl adjacent to an activating group) is 1. The van der Waals surface area contributed by atoms with Crippen molar-refractivity contribution in [3.05, 3.63) is 34.9 Å². The predicted octanol–water partition coefficient (Wildman–Crippen LogP) is 2.78. The number of carbonyl (C=O) groups is 1. The molecule has 94 valence electrons. The SMILES string of the molecule is CSCCN(C)CC(=O)c1cc(C)ccc1C. The maximum absolute atomic E-state index is 12.1. The zero-order valence-electron chi connectivity index (χ0n) is 11.1. The second-order valence-electron chi connectivity index (χ2n) is 4.47. The molecular formula is C14H21NOS. The van der Waals surface area contributed by atoms with Crippen LogP contribution < -0.4 is 0 Å². The van der Waals surface area contributed by atoms with E-state index in [1.165, 1.54) is 0 Å². The second-order valence-corrected chi connectivity index (χ2v) is 5.46. The van der Waals surface area contributed by atoms with Crippen LogP contribution in [0.25, 0.3) is 0 Å². The van der Waals surface area contributed by atoms with Crippen molar-refractivity contribution in [2.45, 2.75) is 13.8 Å². The summed E-state index contributed by atoms with van der Waals surface area (Å²) in [5, 5.41) is 0. The third kappa shape index (κ3) is 4.52. The van der Waals surface area contributed by atoms with Crippen molar-refractivity contribution >= 4 is 17.5 Å². The van der Waals surface area contributed by atoms with Crippen molar-refractivity contribution < 1.29 is 4.79 Å². The molecule has 3 heteroatoms. The van der Waals surface area contributed by atoms with Crippen molar-refractivity contribution in [2.24, 2.45) is 0 Å². The van der Waals surface area contributed by atoms with Gasteiger partial charge >= 0.3 is 0 Å². The van der Waals surface area contributed by atoms with Gasteiger partial charge in [0, 0.05) is 17.9 Å². The molecular weight excluding hydrogens is 230 g/mol. The maximum Gasteiger partial charge on any atom is 0.177 e. The van der Waals surface area contributed by atoms with Gasteiger partial charge in [0.15, 0.2) is 5.78 Å². The van der Waals surface area contributed by atoms with Gasteiger partial charge in [0.1, 0.15) is 0 Å². The largest absolute Gasteiger partial charge is 0.298 e. The van der Waals surface area contributed by atoms with Crippen molar-refractivity contribution in [1.29, 1.82) is 0 Å². The summed E-state index contributed by atoms with van der Waals surface area (Å²) < 4.78 is 0. The first-order valence-electron chi connectivity index (χ1n) is 5.82. The van der Waals surface area contributed by atoms with Crippen LogP contribution in [0.4, 0.5) is 0 Å². The lowest BCUT2D eigenvalue weighted by molar-refractivity contribution is 0.0949. The number of carbonyl (C=O) groups excluding carboxylic acids is 1. The Morgan fingerprint density at radius 1 is 1.35 bits per heavy atom. The molecule has 0 spiro atoms. The molecule has 0 fully saturated rings. The summed E-state index contributed by atoms with van der Waals surface area (Å²) >= 11 is 1.81. The number of thioether (sulfide) groups is 1. The van der Waals surface area contributed by atoms with Crippen LogP contribution in [0.15, 0.2) is 18.2 Å². The standard InChI is InChI=1S/C14H21NOS/c1-11-5-6-12(2)13(9-11)14(16)10-15(3)7-8-17-4/h5-6,9H,7-8,10H2,1-4H3. The average molecular weight is 251 g/mol. The molecule has 0 atom stereocenters. The first-order valence-corrected chi connectivity index (χ1v) is 7.22. The molecule has 0 saturated heterocycles. The molecule has 0 aliphatic carbocycles. The number of nitrogens with zero attached hydrogens (tertiary/aromatic N) is 1. The average Bonchev–Trinajstić information content (AvgIpc) is 2.29. The Morgan fingerprint density at radius 3 is 2.71 bits per heavy atom. The Labute approximate surface area is 108 Å². The van der Waals surface area contributed by atoms with Gasteiger partial charge in [-0.3, -0.25) is 9.69 Å². The molecule has 0 aromatic heterocycles. The first-order chi connectivity index (χ1) is 8.04. The summed E-state index contributed by atoms with van der Waals surface area (Å²) in [7, 11) is 2.00.